The molecule has 0 aromatic heterocycles. The second kappa shape index (κ2) is 4.25. The topological polar surface area (TPSA) is 24.1 Å². The summed E-state index contributed by atoms with van der Waals surface area (Å²) in [6, 6.07) is 0.809. The molecule has 0 spiro atoms. The van der Waals surface area contributed by atoms with Gasteiger partial charge in [-0.2, -0.15) is 0 Å². The third-order valence-electron chi connectivity index (χ3n) is 3.29. The summed E-state index contributed by atoms with van der Waals surface area (Å²) in [6.07, 6.45) is 5.63. The molecule has 0 radical (unpaired) electrons. The molecule has 0 unspecified atom stereocenters. The normalized spacial score (nSPS) is 23.3. The highest BCUT2D eigenvalue weighted by atomic mass is 14.9. The standard InChI is InChI=1S/C11H20N2/c1-9(10-7-12-8-10)6-13-11-4-2-3-5-11/h11-13H,2-8H2,1H3. The van der Waals surface area contributed by atoms with Crippen molar-refractivity contribution < 1.29 is 0 Å². The Morgan fingerprint density at radius 3 is 2.62 bits per heavy atom. The first-order valence-electron chi connectivity index (χ1n) is 5.48. The molecule has 2 fully saturated rings. The zero-order chi connectivity index (χ0) is 9.10. The van der Waals surface area contributed by atoms with E-state index in [0.29, 0.717) is 0 Å². The third kappa shape index (κ3) is 2.32. The molecule has 2 heteroatoms. The van der Waals surface area contributed by atoms with Gasteiger partial charge in [0.1, 0.15) is 0 Å². The van der Waals surface area contributed by atoms with Gasteiger partial charge in [-0.15, -0.1) is 0 Å². The first-order chi connectivity index (χ1) is 6.36. The summed E-state index contributed by atoms with van der Waals surface area (Å²) in [5.74, 6) is 0. The van der Waals surface area contributed by atoms with Gasteiger partial charge in [-0.05, 0) is 25.3 Å². The van der Waals surface area contributed by atoms with Crippen molar-refractivity contribution in [3.05, 3.63) is 11.1 Å². The summed E-state index contributed by atoms with van der Waals surface area (Å²) in [5.41, 5.74) is 3.18. The maximum atomic E-state index is 3.64. The van der Waals surface area contributed by atoms with Crippen LogP contribution in [0, 0.1) is 0 Å². The van der Waals surface area contributed by atoms with Gasteiger partial charge < -0.3 is 10.6 Å². The Kier molecular flexibility index (Phi) is 3.01. The van der Waals surface area contributed by atoms with Crippen molar-refractivity contribution in [2.75, 3.05) is 19.6 Å². The maximum Gasteiger partial charge on any atom is 0.0183 e. The summed E-state index contributed by atoms with van der Waals surface area (Å²) >= 11 is 0. The molecule has 74 valence electrons. The number of hydrogen-bond donors (Lipinski definition) is 2. The van der Waals surface area contributed by atoms with E-state index in [1.807, 2.05) is 0 Å². The Balaban J connectivity index is 1.71. The summed E-state index contributed by atoms with van der Waals surface area (Å²) in [7, 11) is 0. The molecule has 0 amide bonds. The largest absolute Gasteiger partial charge is 0.310 e. The molecule has 1 heterocycles. The van der Waals surface area contributed by atoms with Crippen LogP contribution in [0.1, 0.15) is 32.6 Å². The van der Waals surface area contributed by atoms with Crippen LogP contribution in [-0.2, 0) is 0 Å². The SMILES string of the molecule is CC(CNC1CCCC1)=C1CNC1. The second-order valence-electron chi connectivity index (χ2n) is 4.35. The zero-order valence-electron chi connectivity index (χ0n) is 8.53. The van der Waals surface area contributed by atoms with Crippen LogP contribution in [0.25, 0.3) is 0 Å². The fourth-order valence-electron chi connectivity index (χ4n) is 2.10. The van der Waals surface area contributed by atoms with Gasteiger partial charge in [-0.1, -0.05) is 18.4 Å². The van der Waals surface area contributed by atoms with Gasteiger partial charge in [0.2, 0.25) is 0 Å². The quantitative estimate of drug-likeness (QED) is 0.642. The number of hydrogen-bond acceptors (Lipinski definition) is 2. The molecule has 0 aromatic rings. The van der Waals surface area contributed by atoms with Crippen molar-refractivity contribution in [2.24, 2.45) is 0 Å². The lowest BCUT2D eigenvalue weighted by molar-refractivity contribution is 0.542. The monoisotopic (exact) mass is 180 g/mol. The molecule has 0 aromatic carbocycles. The predicted octanol–water partition coefficient (Wildman–Crippen LogP) is 1.44. The van der Waals surface area contributed by atoms with Crippen LogP contribution in [0.2, 0.25) is 0 Å². The Bertz CT molecular complexity index is 196. The van der Waals surface area contributed by atoms with E-state index in [-0.39, 0.29) is 0 Å². The number of rotatable bonds is 3. The minimum absolute atomic E-state index is 0.809. The summed E-state index contributed by atoms with van der Waals surface area (Å²) in [6.45, 7) is 5.62. The molecular formula is C11H20N2. The Labute approximate surface area is 80.8 Å². The van der Waals surface area contributed by atoms with Crippen LogP contribution in [0.3, 0.4) is 0 Å². The molecule has 1 aliphatic carbocycles. The molecule has 2 aliphatic rings. The lowest BCUT2D eigenvalue weighted by Crippen LogP contribution is -2.37. The van der Waals surface area contributed by atoms with Gasteiger partial charge in [0.05, 0.1) is 0 Å². The lowest BCUT2D eigenvalue weighted by Gasteiger charge is -2.23. The average Bonchev–Trinajstić information content (AvgIpc) is 2.49. The Morgan fingerprint density at radius 2 is 2.08 bits per heavy atom. The lowest BCUT2D eigenvalue weighted by atomic mass is 10.0. The molecule has 0 bridgehead atoms. The molecule has 1 saturated carbocycles. The van der Waals surface area contributed by atoms with Crippen molar-refractivity contribution in [1.82, 2.24) is 10.6 Å². The average molecular weight is 180 g/mol. The third-order valence-corrected chi connectivity index (χ3v) is 3.29. The van der Waals surface area contributed by atoms with Crippen molar-refractivity contribution in [3.8, 4) is 0 Å². The van der Waals surface area contributed by atoms with E-state index in [2.05, 4.69) is 17.6 Å². The first kappa shape index (κ1) is 9.22. The molecule has 2 nitrogen and oxygen atoms in total. The van der Waals surface area contributed by atoms with Gasteiger partial charge in [-0.3, -0.25) is 0 Å². The highest BCUT2D eigenvalue weighted by molar-refractivity contribution is 5.22. The highest BCUT2D eigenvalue weighted by Gasteiger charge is 2.15. The first-order valence-corrected chi connectivity index (χ1v) is 5.48. The van der Waals surface area contributed by atoms with Gasteiger partial charge in [-0.25, -0.2) is 0 Å². The summed E-state index contributed by atoms with van der Waals surface area (Å²) in [4.78, 5) is 0. The summed E-state index contributed by atoms with van der Waals surface area (Å²) < 4.78 is 0. The van der Waals surface area contributed by atoms with Crippen LogP contribution < -0.4 is 10.6 Å². The predicted molar refractivity (Wildman–Crippen MR) is 55.8 cm³/mol. The van der Waals surface area contributed by atoms with Crippen molar-refractivity contribution in [1.29, 1.82) is 0 Å². The minimum atomic E-state index is 0.809. The van der Waals surface area contributed by atoms with Gasteiger partial charge in [0, 0.05) is 25.7 Å². The molecule has 1 saturated heterocycles. The van der Waals surface area contributed by atoms with E-state index < -0.39 is 0 Å². The van der Waals surface area contributed by atoms with E-state index in [9.17, 15) is 0 Å². The molecule has 2 rings (SSSR count). The van der Waals surface area contributed by atoms with Crippen molar-refractivity contribution in [2.45, 2.75) is 38.6 Å². The fourth-order valence-corrected chi connectivity index (χ4v) is 2.10. The fraction of sp³-hybridized carbons (Fsp3) is 0.818. The maximum absolute atomic E-state index is 3.64. The second-order valence-corrected chi connectivity index (χ2v) is 4.35. The van der Waals surface area contributed by atoms with Gasteiger partial charge in [0.15, 0.2) is 0 Å². The zero-order valence-corrected chi connectivity index (χ0v) is 8.53. The molecule has 1 aliphatic heterocycles. The minimum Gasteiger partial charge on any atom is -0.310 e. The van der Waals surface area contributed by atoms with Crippen LogP contribution in [0.15, 0.2) is 11.1 Å². The Hall–Kier alpha value is -0.340. The summed E-state index contributed by atoms with van der Waals surface area (Å²) in [5, 5.41) is 6.93. The van der Waals surface area contributed by atoms with Crippen LogP contribution >= 0.6 is 0 Å². The van der Waals surface area contributed by atoms with E-state index >= 15 is 0 Å². The van der Waals surface area contributed by atoms with E-state index in [0.717, 1.165) is 25.7 Å². The molecule has 2 N–H and O–H groups in total. The molecular weight excluding hydrogens is 160 g/mol. The molecule has 13 heavy (non-hydrogen) atoms. The Morgan fingerprint density at radius 1 is 1.38 bits per heavy atom. The van der Waals surface area contributed by atoms with Gasteiger partial charge in [0.25, 0.3) is 0 Å². The molecule has 0 atom stereocenters. The van der Waals surface area contributed by atoms with Crippen LogP contribution in [0.4, 0.5) is 0 Å². The van der Waals surface area contributed by atoms with Crippen LogP contribution in [0.5, 0.6) is 0 Å². The van der Waals surface area contributed by atoms with E-state index in [1.165, 1.54) is 25.7 Å². The van der Waals surface area contributed by atoms with E-state index in [4.69, 9.17) is 0 Å². The van der Waals surface area contributed by atoms with Gasteiger partial charge >= 0.3 is 0 Å². The highest BCUT2D eigenvalue weighted by Crippen LogP contribution is 2.18. The van der Waals surface area contributed by atoms with E-state index in [1.54, 1.807) is 11.1 Å². The number of nitrogens with one attached hydrogen (secondary N) is 2. The van der Waals surface area contributed by atoms with Crippen molar-refractivity contribution >= 4 is 0 Å². The smallest absolute Gasteiger partial charge is 0.0183 e. The van der Waals surface area contributed by atoms with Crippen LogP contribution in [-0.4, -0.2) is 25.7 Å². The van der Waals surface area contributed by atoms with Crippen molar-refractivity contribution in [3.63, 3.8) is 0 Å².